The van der Waals surface area contributed by atoms with Crippen LogP contribution >= 0.6 is 0 Å². The molecule has 132 valence electrons. The number of sulfonamides is 1. The topological polar surface area (TPSA) is 127 Å². The zero-order valence-electron chi connectivity index (χ0n) is 13.5. The van der Waals surface area contributed by atoms with Crippen molar-refractivity contribution in [1.82, 2.24) is 14.8 Å². The molecule has 1 heterocycles. The summed E-state index contributed by atoms with van der Waals surface area (Å²) in [5, 5.41) is 14.6. The molecule has 0 aliphatic rings. The van der Waals surface area contributed by atoms with Crippen LogP contribution in [0.25, 0.3) is 11.0 Å². The van der Waals surface area contributed by atoms with Gasteiger partial charge >= 0.3 is 0 Å². The molecule has 0 unspecified atom stereocenters. The van der Waals surface area contributed by atoms with Gasteiger partial charge in [-0.2, -0.15) is 18.4 Å². The van der Waals surface area contributed by atoms with Gasteiger partial charge in [-0.05, 0) is 25.1 Å². The van der Waals surface area contributed by atoms with E-state index >= 15 is 0 Å². The lowest BCUT2D eigenvalue weighted by molar-refractivity contribution is -0.385. The zero-order chi connectivity index (χ0) is 18.7. The monoisotopic (exact) mass is 371 g/mol. The second-order valence-electron chi connectivity index (χ2n) is 5.34. The van der Waals surface area contributed by atoms with Crippen LogP contribution in [-0.4, -0.2) is 29.5 Å². The first kappa shape index (κ1) is 17.4. The van der Waals surface area contributed by atoms with E-state index in [4.69, 9.17) is 0 Å². The predicted octanol–water partition coefficient (Wildman–Crippen LogP) is 2.16. The number of para-hydroxylation sites is 2. The van der Waals surface area contributed by atoms with E-state index in [1.54, 1.807) is 12.1 Å². The highest BCUT2D eigenvalue weighted by molar-refractivity contribution is 7.89. The molecule has 0 saturated heterocycles. The third kappa shape index (κ3) is 3.64. The van der Waals surface area contributed by atoms with E-state index < -0.39 is 14.9 Å². The quantitative estimate of drug-likeness (QED) is 0.416. The summed E-state index contributed by atoms with van der Waals surface area (Å²) in [6, 6.07) is 10.8. The Morgan fingerprint density at radius 1 is 1.19 bits per heavy atom. The Labute approximate surface area is 148 Å². The van der Waals surface area contributed by atoms with Gasteiger partial charge in [0.25, 0.3) is 15.7 Å². The first-order valence-corrected chi connectivity index (χ1v) is 8.87. The Hall–Kier alpha value is -3.40. The van der Waals surface area contributed by atoms with Gasteiger partial charge in [0.2, 0.25) is 0 Å². The van der Waals surface area contributed by atoms with Crippen molar-refractivity contribution >= 4 is 33.0 Å². The van der Waals surface area contributed by atoms with Crippen LogP contribution in [0.2, 0.25) is 0 Å². The number of nitrogens with zero attached hydrogens (tertiary/aromatic N) is 4. The largest absolute Gasteiger partial charge is 0.276 e. The minimum atomic E-state index is -4.05. The molecule has 0 aliphatic heterocycles. The van der Waals surface area contributed by atoms with Crippen LogP contribution < -0.4 is 4.83 Å². The molecule has 0 amide bonds. The lowest BCUT2D eigenvalue weighted by atomic mass is 10.2. The summed E-state index contributed by atoms with van der Waals surface area (Å²) in [4.78, 5) is 20.5. The number of benzene rings is 2. The summed E-state index contributed by atoms with van der Waals surface area (Å²) in [5.74, 6) is 0. The molecule has 10 heteroatoms. The Kier molecular flexibility index (Phi) is 4.59. The van der Waals surface area contributed by atoms with E-state index in [0.717, 1.165) is 6.07 Å². The summed E-state index contributed by atoms with van der Waals surface area (Å²) >= 11 is 0. The normalized spacial score (nSPS) is 11.7. The molecule has 3 rings (SSSR count). The highest BCUT2D eigenvalue weighted by Gasteiger charge is 2.19. The summed E-state index contributed by atoms with van der Waals surface area (Å²) in [7, 11) is -4.05. The van der Waals surface area contributed by atoms with Gasteiger partial charge < -0.3 is 0 Å². The van der Waals surface area contributed by atoms with E-state index in [1.807, 2.05) is 17.0 Å². The molecule has 0 aliphatic carbocycles. The van der Waals surface area contributed by atoms with Crippen molar-refractivity contribution in [3.05, 3.63) is 70.0 Å². The first-order valence-electron chi connectivity index (χ1n) is 7.38. The van der Waals surface area contributed by atoms with Gasteiger partial charge in [0.05, 0.1) is 33.3 Å². The SMILES string of the molecule is Cc1ccc(S(=O)(=O)N/N=C\c2cnc3ccccc3n2)cc1[N+](=O)[O-]. The minimum absolute atomic E-state index is 0.253. The van der Waals surface area contributed by atoms with Crippen LogP contribution in [0.3, 0.4) is 0 Å². The van der Waals surface area contributed by atoms with Crippen molar-refractivity contribution < 1.29 is 13.3 Å². The highest BCUT2D eigenvalue weighted by Crippen LogP contribution is 2.22. The van der Waals surface area contributed by atoms with Crippen LogP contribution in [0.4, 0.5) is 5.69 Å². The number of aromatic nitrogens is 2. The number of fused-ring (bicyclic) bond motifs is 1. The Bertz CT molecular complexity index is 1130. The van der Waals surface area contributed by atoms with Gasteiger partial charge in [0.15, 0.2) is 0 Å². The van der Waals surface area contributed by atoms with Crippen molar-refractivity contribution in [2.24, 2.45) is 5.10 Å². The fraction of sp³-hybridized carbons (Fsp3) is 0.0625. The number of nitrogens with one attached hydrogen (secondary N) is 1. The smallest absolute Gasteiger partial charge is 0.258 e. The van der Waals surface area contributed by atoms with E-state index in [1.165, 1.54) is 31.5 Å². The van der Waals surface area contributed by atoms with Crippen LogP contribution in [0.5, 0.6) is 0 Å². The number of nitro groups is 1. The lowest BCUT2D eigenvalue weighted by Crippen LogP contribution is -2.18. The molecule has 3 aromatic rings. The van der Waals surface area contributed by atoms with Gasteiger partial charge in [-0.1, -0.05) is 18.2 Å². The number of hydrogen-bond acceptors (Lipinski definition) is 7. The van der Waals surface area contributed by atoms with Gasteiger partial charge in [-0.3, -0.25) is 15.1 Å². The average Bonchev–Trinajstić information content (AvgIpc) is 2.61. The van der Waals surface area contributed by atoms with Crippen LogP contribution in [0, 0.1) is 17.0 Å². The summed E-state index contributed by atoms with van der Waals surface area (Å²) < 4.78 is 24.5. The molecular weight excluding hydrogens is 358 g/mol. The molecule has 9 nitrogen and oxygen atoms in total. The molecule has 0 atom stereocenters. The number of nitro benzene ring substituents is 1. The molecule has 0 spiro atoms. The number of hydrazone groups is 1. The Balaban J connectivity index is 1.82. The van der Waals surface area contributed by atoms with E-state index in [0.29, 0.717) is 22.3 Å². The van der Waals surface area contributed by atoms with Crippen molar-refractivity contribution in [2.45, 2.75) is 11.8 Å². The molecule has 26 heavy (non-hydrogen) atoms. The summed E-state index contributed by atoms with van der Waals surface area (Å²) in [6.45, 7) is 1.53. The number of hydrogen-bond donors (Lipinski definition) is 1. The predicted molar refractivity (Wildman–Crippen MR) is 95.3 cm³/mol. The van der Waals surface area contributed by atoms with Crippen molar-refractivity contribution in [2.75, 3.05) is 0 Å². The number of aryl methyl sites for hydroxylation is 1. The molecular formula is C16H13N5O4S. The maximum Gasteiger partial charge on any atom is 0.276 e. The maximum absolute atomic E-state index is 12.2. The molecule has 1 aromatic heterocycles. The van der Waals surface area contributed by atoms with Crippen LogP contribution in [0.1, 0.15) is 11.3 Å². The zero-order valence-corrected chi connectivity index (χ0v) is 14.3. The van der Waals surface area contributed by atoms with Gasteiger partial charge in [0, 0.05) is 11.6 Å². The van der Waals surface area contributed by atoms with E-state index in [-0.39, 0.29) is 10.6 Å². The number of rotatable bonds is 5. The van der Waals surface area contributed by atoms with E-state index in [9.17, 15) is 18.5 Å². The fourth-order valence-electron chi connectivity index (χ4n) is 2.20. The second kappa shape index (κ2) is 6.84. The maximum atomic E-state index is 12.2. The van der Waals surface area contributed by atoms with Crippen LogP contribution in [-0.2, 0) is 10.0 Å². The van der Waals surface area contributed by atoms with Crippen molar-refractivity contribution in [3.8, 4) is 0 Å². The van der Waals surface area contributed by atoms with Gasteiger partial charge in [-0.25, -0.2) is 4.98 Å². The summed E-state index contributed by atoms with van der Waals surface area (Å²) in [6.07, 6.45) is 2.66. The fourth-order valence-corrected chi connectivity index (χ4v) is 3.01. The molecule has 0 fully saturated rings. The summed E-state index contributed by atoms with van der Waals surface area (Å²) in [5.41, 5.74) is 1.80. The Morgan fingerprint density at radius 2 is 1.92 bits per heavy atom. The molecule has 0 bridgehead atoms. The molecule has 2 aromatic carbocycles. The van der Waals surface area contributed by atoms with Gasteiger partial charge in [-0.15, -0.1) is 0 Å². The third-order valence-electron chi connectivity index (χ3n) is 3.52. The molecule has 1 N–H and O–H groups in total. The van der Waals surface area contributed by atoms with Crippen LogP contribution in [0.15, 0.2) is 58.7 Å². The molecule has 0 radical (unpaired) electrons. The average molecular weight is 371 g/mol. The third-order valence-corrected chi connectivity index (χ3v) is 4.74. The van der Waals surface area contributed by atoms with Gasteiger partial charge in [0.1, 0.15) is 5.69 Å². The second-order valence-corrected chi connectivity index (χ2v) is 7.00. The first-order chi connectivity index (χ1) is 12.4. The highest BCUT2D eigenvalue weighted by atomic mass is 32.2. The standard InChI is InChI=1S/C16H13N5O4S/c1-11-6-7-13(8-16(11)21(22)23)26(24,25)20-18-10-12-9-17-14-4-2-3-5-15(14)19-12/h2-10,20H,1H3/b18-10-. The van der Waals surface area contributed by atoms with E-state index in [2.05, 4.69) is 15.1 Å². The Morgan fingerprint density at radius 3 is 2.65 bits per heavy atom. The van der Waals surface area contributed by atoms with Crippen molar-refractivity contribution in [3.63, 3.8) is 0 Å². The lowest BCUT2D eigenvalue weighted by Gasteiger charge is -2.04. The minimum Gasteiger partial charge on any atom is -0.258 e. The molecule has 0 saturated carbocycles. The van der Waals surface area contributed by atoms with Crippen molar-refractivity contribution in [1.29, 1.82) is 0 Å².